The number of piperidine rings is 1. The van der Waals surface area contributed by atoms with E-state index in [0.717, 1.165) is 30.5 Å². The molecular formula is C23H26N4O2. The summed E-state index contributed by atoms with van der Waals surface area (Å²) in [5, 5.41) is 7.16. The van der Waals surface area contributed by atoms with Gasteiger partial charge in [-0.3, -0.25) is 9.69 Å². The van der Waals surface area contributed by atoms with E-state index in [9.17, 15) is 4.79 Å². The summed E-state index contributed by atoms with van der Waals surface area (Å²) in [5.41, 5.74) is 3.28. The molecule has 29 heavy (non-hydrogen) atoms. The summed E-state index contributed by atoms with van der Waals surface area (Å²) in [6.45, 7) is 4.85. The number of hydrogen-bond donors (Lipinski definition) is 1. The maximum Gasteiger partial charge on any atom is 0.241 e. The maximum atomic E-state index is 12.6. The van der Waals surface area contributed by atoms with E-state index in [1.165, 1.54) is 5.56 Å². The zero-order valence-electron chi connectivity index (χ0n) is 16.7. The van der Waals surface area contributed by atoms with Gasteiger partial charge in [0.05, 0.1) is 12.5 Å². The van der Waals surface area contributed by atoms with Gasteiger partial charge in [0.1, 0.15) is 0 Å². The highest BCUT2D eigenvalue weighted by Gasteiger charge is 2.26. The van der Waals surface area contributed by atoms with Crippen LogP contribution in [-0.2, 0) is 17.9 Å². The fraction of sp³-hybridized carbons (Fsp3) is 0.348. The van der Waals surface area contributed by atoms with Crippen molar-refractivity contribution in [3.05, 3.63) is 71.6 Å². The second kappa shape index (κ2) is 9.01. The number of nitrogens with zero attached hydrogens (tertiary/aromatic N) is 3. The number of rotatable bonds is 6. The zero-order chi connectivity index (χ0) is 20.1. The zero-order valence-corrected chi connectivity index (χ0v) is 16.7. The van der Waals surface area contributed by atoms with Gasteiger partial charge in [-0.15, -0.1) is 0 Å². The highest BCUT2D eigenvalue weighted by atomic mass is 16.5. The van der Waals surface area contributed by atoms with Gasteiger partial charge in [0, 0.05) is 18.7 Å². The van der Waals surface area contributed by atoms with Crippen LogP contribution in [0.5, 0.6) is 0 Å². The van der Waals surface area contributed by atoms with Gasteiger partial charge in [-0.05, 0) is 31.9 Å². The quantitative estimate of drug-likeness (QED) is 0.697. The third-order valence-corrected chi connectivity index (χ3v) is 5.32. The van der Waals surface area contributed by atoms with Crippen molar-refractivity contribution in [1.29, 1.82) is 0 Å². The number of aryl methyl sites for hydroxylation is 1. The average Bonchev–Trinajstić information content (AvgIpc) is 3.22. The Morgan fingerprint density at radius 3 is 2.76 bits per heavy atom. The van der Waals surface area contributed by atoms with E-state index in [1.807, 2.05) is 30.3 Å². The van der Waals surface area contributed by atoms with Crippen LogP contribution in [-0.4, -0.2) is 34.0 Å². The van der Waals surface area contributed by atoms with Crippen molar-refractivity contribution in [2.24, 2.45) is 5.92 Å². The van der Waals surface area contributed by atoms with Gasteiger partial charge in [0.25, 0.3) is 0 Å². The van der Waals surface area contributed by atoms with Crippen LogP contribution in [0, 0.1) is 12.8 Å². The molecule has 1 aromatic heterocycles. The van der Waals surface area contributed by atoms with Crippen molar-refractivity contribution in [3.8, 4) is 11.4 Å². The van der Waals surface area contributed by atoms with Crippen molar-refractivity contribution in [2.75, 3.05) is 13.1 Å². The normalized spacial score (nSPS) is 17.2. The first-order valence-electron chi connectivity index (χ1n) is 10.1. The van der Waals surface area contributed by atoms with Crippen LogP contribution < -0.4 is 5.32 Å². The average molecular weight is 390 g/mol. The molecule has 0 spiro atoms. The van der Waals surface area contributed by atoms with Crippen LogP contribution in [0.25, 0.3) is 11.4 Å². The molecule has 6 nitrogen and oxygen atoms in total. The highest BCUT2D eigenvalue weighted by Crippen LogP contribution is 2.20. The molecule has 1 N–H and O–H groups in total. The molecule has 1 aliphatic rings. The van der Waals surface area contributed by atoms with E-state index in [4.69, 9.17) is 4.52 Å². The van der Waals surface area contributed by atoms with E-state index in [2.05, 4.69) is 51.5 Å². The highest BCUT2D eigenvalue weighted by molar-refractivity contribution is 5.79. The molecule has 0 bridgehead atoms. The molecule has 2 heterocycles. The molecular weight excluding hydrogens is 364 g/mol. The molecule has 6 heteroatoms. The summed E-state index contributed by atoms with van der Waals surface area (Å²) in [7, 11) is 0. The first-order valence-corrected chi connectivity index (χ1v) is 10.1. The Bertz CT molecular complexity index is 937. The van der Waals surface area contributed by atoms with Gasteiger partial charge in [-0.25, -0.2) is 0 Å². The second-order valence-corrected chi connectivity index (χ2v) is 7.66. The number of nitrogens with one attached hydrogen (secondary N) is 1. The molecule has 0 saturated carbocycles. The minimum atomic E-state index is -0.00860. The predicted octanol–water partition coefficient (Wildman–Crippen LogP) is 3.57. The summed E-state index contributed by atoms with van der Waals surface area (Å²) in [6.07, 6.45) is 1.90. The minimum absolute atomic E-state index is 0.00860. The van der Waals surface area contributed by atoms with Crippen LogP contribution in [0.15, 0.2) is 59.1 Å². The third kappa shape index (κ3) is 5.09. The monoisotopic (exact) mass is 390 g/mol. The largest absolute Gasteiger partial charge is 0.352 e. The summed E-state index contributed by atoms with van der Waals surface area (Å²) >= 11 is 0. The van der Waals surface area contributed by atoms with Crippen LogP contribution in [0.3, 0.4) is 0 Å². The standard InChI is InChI=1S/C23H26N4O2/c1-17-9-11-18(12-10-17)14-24-23(28)20-8-5-13-27(15-20)16-21-25-22(26-29-21)19-6-3-2-4-7-19/h2-4,6-7,9-12,20H,5,8,13-16H2,1H3,(H,24,28). The van der Waals surface area contributed by atoms with E-state index >= 15 is 0 Å². The Hall–Kier alpha value is -2.99. The Balaban J connectivity index is 1.30. The fourth-order valence-corrected chi connectivity index (χ4v) is 3.67. The fourth-order valence-electron chi connectivity index (χ4n) is 3.67. The summed E-state index contributed by atoms with van der Waals surface area (Å²) in [6, 6.07) is 18.0. The number of carbonyl (C=O) groups is 1. The summed E-state index contributed by atoms with van der Waals surface area (Å²) < 4.78 is 5.43. The molecule has 1 atom stereocenters. The third-order valence-electron chi connectivity index (χ3n) is 5.32. The van der Waals surface area contributed by atoms with Crippen molar-refractivity contribution >= 4 is 5.91 Å². The molecule has 1 fully saturated rings. The Kier molecular flexibility index (Phi) is 6.00. The Labute approximate surface area is 170 Å². The first-order chi connectivity index (χ1) is 14.2. The minimum Gasteiger partial charge on any atom is -0.352 e. The van der Waals surface area contributed by atoms with Gasteiger partial charge in [0.15, 0.2) is 0 Å². The number of hydrogen-bond acceptors (Lipinski definition) is 5. The Morgan fingerprint density at radius 1 is 1.17 bits per heavy atom. The molecule has 1 unspecified atom stereocenters. The van der Waals surface area contributed by atoms with Crippen molar-refractivity contribution in [3.63, 3.8) is 0 Å². The maximum absolute atomic E-state index is 12.6. The summed E-state index contributed by atoms with van der Waals surface area (Å²) in [5.74, 6) is 1.30. The lowest BCUT2D eigenvalue weighted by atomic mass is 9.97. The predicted molar refractivity (Wildman–Crippen MR) is 111 cm³/mol. The molecule has 1 amide bonds. The van der Waals surface area contributed by atoms with Gasteiger partial charge >= 0.3 is 0 Å². The number of carbonyl (C=O) groups excluding carboxylic acids is 1. The number of aromatic nitrogens is 2. The van der Waals surface area contributed by atoms with E-state index < -0.39 is 0 Å². The lowest BCUT2D eigenvalue weighted by molar-refractivity contribution is -0.127. The van der Waals surface area contributed by atoms with Crippen LogP contribution in [0.1, 0.15) is 29.9 Å². The second-order valence-electron chi connectivity index (χ2n) is 7.66. The molecule has 3 aromatic rings. The lowest BCUT2D eigenvalue weighted by Gasteiger charge is -2.30. The van der Waals surface area contributed by atoms with Crippen molar-refractivity contribution in [1.82, 2.24) is 20.4 Å². The molecule has 150 valence electrons. The van der Waals surface area contributed by atoms with Gasteiger partial charge in [0.2, 0.25) is 17.6 Å². The van der Waals surface area contributed by atoms with Gasteiger partial charge in [-0.2, -0.15) is 4.98 Å². The number of benzene rings is 2. The van der Waals surface area contributed by atoms with Gasteiger partial charge < -0.3 is 9.84 Å². The molecule has 1 aliphatic heterocycles. The van der Waals surface area contributed by atoms with Gasteiger partial charge in [-0.1, -0.05) is 65.3 Å². The van der Waals surface area contributed by atoms with Crippen molar-refractivity contribution in [2.45, 2.75) is 32.9 Å². The smallest absolute Gasteiger partial charge is 0.241 e. The van der Waals surface area contributed by atoms with Crippen LogP contribution in [0.4, 0.5) is 0 Å². The van der Waals surface area contributed by atoms with E-state index in [1.54, 1.807) is 0 Å². The molecule has 4 rings (SSSR count). The van der Waals surface area contributed by atoms with Crippen LogP contribution in [0.2, 0.25) is 0 Å². The van der Waals surface area contributed by atoms with Crippen molar-refractivity contribution < 1.29 is 9.32 Å². The molecule has 0 aliphatic carbocycles. The Morgan fingerprint density at radius 2 is 1.97 bits per heavy atom. The summed E-state index contributed by atoms with van der Waals surface area (Å²) in [4.78, 5) is 19.4. The van der Waals surface area contributed by atoms with E-state index in [0.29, 0.717) is 31.3 Å². The lowest BCUT2D eigenvalue weighted by Crippen LogP contribution is -2.42. The first kappa shape index (κ1) is 19.3. The SMILES string of the molecule is Cc1ccc(CNC(=O)C2CCCN(Cc3nc(-c4ccccc4)no3)C2)cc1. The van der Waals surface area contributed by atoms with Crippen LogP contribution >= 0.6 is 0 Å². The van der Waals surface area contributed by atoms with E-state index in [-0.39, 0.29) is 11.8 Å². The topological polar surface area (TPSA) is 71.3 Å². The molecule has 0 radical (unpaired) electrons. The molecule has 1 saturated heterocycles. The number of likely N-dealkylation sites (tertiary alicyclic amines) is 1. The number of amides is 1. The molecule has 2 aromatic carbocycles.